The molecule has 0 unspecified atom stereocenters. The number of aromatic nitrogens is 5. The number of fused-ring (bicyclic) bond motifs is 1. The van der Waals surface area contributed by atoms with Crippen molar-refractivity contribution in [3.63, 3.8) is 0 Å². The molecule has 1 aromatic carbocycles. The van der Waals surface area contributed by atoms with Gasteiger partial charge in [-0.2, -0.15) is 5.10 Å². The molecule has 3 heterocycles. The molecule has 0 saturated carbocycles. The predicted octanol–water partition coefficient (Wildman–Crippen LogP) is 3.75. The summed E-state index contributed by atoms with van der Waals surface area (Å²) in [4.78, 5) is 16.7. The number of aryl methyl sites for hydroxylation is 4. The molecule has 9 heteroatoms. The van der Waals surface area contributed by atoms with E-state index in [2.05, 4.69) is 25.6 Å². The molecule has 1 amide bonds. The van der Waals surface area contributed by atoms with Crippen LogP contribution in [0, 0.1) is 13.8 Å². The molecule has 0 atom stereocenters. The van der Waals surface area contributed by atoms with Gasteiger partial charge in [-0.25, -0.2) is 4.98 Å². The van der Waals surface area contributed by atoms with Crippen LogP contribution >= 0.6 is 11.3 Å². The topological polar surface area (TPSA) is 98.7 Å². The third-order valence-corrected chi connectivity index (χ3v) is 5.17. The maximum atomic E-state index is 12.3. The number of carbonyl (C=O) groups is 1. The van der Waals surface area contributed by atoms with Gasteiger partial charge in [0.2, 0.25) is 11.8 Å². The third kappa shape index (κ3) is 3.79. The zero-order valence-corrected chi connectivity index (χ0v) is 16.7. The number of carbonyl (C=O) groups excluding carboxylic acids is 1. The Labute approximate surface area is 165 Å². The van der Waals surface area contributed by atoms with Gasteiger partial charge in [0.1, 0.15) is 5.69 Å². The van der Waals surface area contributed by atoms with Crippen LogP contribution in [-0.2, 0) is 17.8 Å². The molecule has 0 radical (unpaired) electrons. The quantitative estimate of drug-likeness (QED) is 0.533. The highest BCUT2D eigenvalue weighted by Gasteiger charge is 2.15. The Balaban J connectivity index is 1.38. The van der Waals surface area contributed by atoms with Gasteiger partial charge in [-0.3, -0.25) is 9.48 Å². The van der Waals surface area contributed by atoms with E-state index in [1.54, 1.807) is 11.3 Å². The van der Waals surface area contributed by atoms with E-state index in [0.717, 1.165) is 32.3 Å². The summed E-state index contributed by atoms with van der Waals surface area (Å²) in [7, 11) is 0. The number of hydrogen-bond acceptors (Lipinski definition) is 7. The minimum atomic E-state index is -0.102. The maximum Gasteiger partial charge on any atom is 0.265 e. The predicted molar refractivity (Wildman–Crippen MR) is 107 cm³/mol. The average molecular weight is 396 g/mol. The zero-order valence-electron chi connectivity index (χ0n) is 15.9. The van der Waals surface area contributed by atoms with Gasteiger partial charge in [-0.15, -0.1) is 21.5 Å². The molecule has 0 aliphatic carbocycles. The van der Waals surface area contributed by atoms with Crippen LogP contribution in [0.25, 0.3) is 21.8 Å². The number of rotatable bonds is 6. The molecule has 3 aromatic heterocycles. The van der Waals surface area contributed by atoms with Crippen LogP contribution in [0.1, 0.15) is 29.9 Å². The summed E-state index contributed by atoms with van der Waals surface area (Å²) in [6.07, 6.45) is 0.632. The zero-order chi connectivity index (χ0) is 19.7. The van der Waals surface area contributed by atoms with E-state index >= 15 is 0 Å². The van der Waals surface area contributed by atoms with Crippen molar-refractivity contribution in [1.82, 2.24) is 25.0 Å². The van der Waals surface area contributed by atoms with E-state index in [-0.39, 0.29) is 12.3 Å². The lowest BCUT2D eigenvalue weighted by Crippen LogP contribution is -2.12. The van der Waals surface area contributed by atoms with Gasteiger partial charge in [0.05, 0.1) is 20.9 Å². The van der Waals surface area contributed by atoms with Crippen LogP contribution in [0.4, 0.5) is 5.69 Å². The summed E-state index contributed by atoms with van der Waals surface area (Å²) in [5, 5.41) is 16.4. The number of hydrogen-bond donors (Lipinski definition) is 1. The summed E-state index contributed by atoms with van der Waals surface area (Å²) in [5.41, 5.74) is 3.38. The van der Waals surface area contributed by atoms with E-state index in [1.165, 1.54) is 0 Å². The Morgan fingerprint density at radius 1 is 1.25 bits per heavy atom. The molecule has 0 spiro atoms. The normalized spacial score (nSPS) is 11.2. The number of nitrogens with zero attached hydrogens (tertiary/aromatic N) is 5. The van der Waals surface area contributed by atoms with Crippen molar-refractivity contribution >= 4 is 33.1 Å². The van der Waals surface area contributed by atoms with Gasteiger partial charge in [0, 0.05) is 25.1 Å². The van der Waals surface area contributed by atoms with E-state index in [9.17, 15) is 4.79 Å². The highest BCUT2D eigenvalue weighted by atomic mass is 32.1. The van der Waals surface area contributed by atoms with Crippen LogP contribution in [-0.4, -0.2) is 30.9 Å². The first-order chi connectivity index (χ1) is 13.5. The fraction of sp³-hybridized carbons (Fsp3) is 0.316. The van der Waals surface area contributed by atoms with Crippen LogP contribution < -0.4 is 5.32 Å². The minimum absolute atomic E-state index is 0.102. The van der Waals surface area contributed by atoms with Crippen molar-refractivity contribution in [1.29, 1.82) is 0 Å². The Kier molecular flexibility index (Phi) is 4.91. The largest absolute Gasteiger partial charge is 0.419 e. The summed E-state index contributed by atoms with van der Waals surface area (Å²) >= 11 is 1.61. The van der Waals surface area contributed by atoms with Crippen molar-refractivity contribution in [2.24, 2.45) is 0 Å². The number of amides is 1. The molecule has 8 nitrogen and oxygen atoms in total. The first-order valence-electron chi connectivity index (χ1n) is 9.06. The van der Waals surface area contributed by atoms with Crippen LogP contribution in [0.15, 0.2) is 28.7 Å². The van der Waals surface area contributed by atoms with Gasteiger partial charge >= 0.3 is 0 Å². The van der Waals surface area contributed by atoms with E-state index in [1.807, 2.05) is 49.7 Å². The average Bonchev–Trinajstić information content (AvgIpc) is 3.36. The highest BCUT2D eigenvalue weighted by molar-refractivity contribution is 7.18. The molecular weight excluding hydrogens is 376 g/mol. The lowest BCUT2D eigenvalue weighted by atomic mass is 10.2. The second-order valence-electron chi connectivity index (χ2n) is 6.45. The summed E-state index contributed by atoms with van der Waals surface area (Å²) in [5.74, 6) is 0.749. The van der Waals surface area contributed by atoms with Crippen LogP contribution in [0.5, 0.6) is 0 Å². The second kappa shape index (κ2) is 7.51. The molecule has 4 rings (SSSR count). The minimum Gasteiger partial charge on any atom is -0.419 e. The summed E-state index contributed by atoms with van der Waals surface area (Å²) in [6.45, 7) is 6.61. The molecule has 0 aliphatic rings. The number of nitrogens with one attached hydrogen (secondary N) is 1. The fourth-order valence-corrected chi connectivity index (χ4v) is 3.84. The van der Waals surface area contributed by atoms with Gasteiger partial charge in [0.25, 0.3) is 5.89 Å². The number of thiazole rings is 1. The lowest BCUT2D eigenvalue weighted by Gasteiger charge is -2.04. The molecule has 0 bridgehead atoms. The molecule has 4 aromatic rings. The van der Waals surface area contributed by atoms with Crippen molar-refractivity contribution in [3.05, 3.63) is 40.9 Å². The number of anilines is 1. The van der Waals surface area contributed by atoms with Gasteiger partial charge < -0.3 is 9.73 Å². The molecule has 0 aliphatic heterocycles. The van der Waals surface area contributed by atoms with Gasteiger partial charge in [0.15, 0.2) is 0 Å². The third-order valence-electron chi connectivity index (χ3n) is 4.23. The molecular formula is C19H20N6O2S. The molecule has 0 saturated heterocycles. The van der Waals surface area contributed by atoms with Gasteiger partial charge in [-0.05, 0) is 45.0 Å². The van der Waals surface area contributed by atoms with Gasteiger partial charge in [-0.1, -0.05) is 0 Å². The van der Waals surface area contributed by atoms with Crippen LogP contribution in [0.3, 0.4) is 0 Å². The summed E-state index contributed by atoms with van der Waals surface area (Å²) < 4.78 is 8.59. The van der Waals surface area contributed by atoms with E-state index in [0.29, 0.717) is 24.7 Å². The molecule has 0 fully saturated rings. The molecule has 28 heavy (non-hydrogen) atoms. The molecule has 144 valence electrons. The lowest BCUT2D eigenvalue weighted by molar-refractivity contribution is -0.116. The molecule has 1 N–H and O–H groups in total. The Hall–Kier alpha value is -3.07. The SMILES string of the molecule is CCn1nc(C)cc1-c1nnc(CCC(=O)Nc2ccc3nc(C)sc3c2)o1. The smallest absolute Gasteiger partial charge is 0.265 e. The van der Waals surface area contributed by atoms with Crippen molar-refractivity contribution in [2.45, 2.75) is 40.2 Å². The number of benzene rings is 1. The highest BCUT2D eigenvalue weighted by Crippen LogP contribution is 2.25. The fourth-order valence-electron chi connectivity index (χ4n) is 2.98. The van der Waals surface area contributed by atoms with Crippen LogP contribution in [0.2, 0.25) is 0 Å². The first-order valence-corrected chi connectivity index (χ1v) is 9.87. The Bertz CT molecular complexity index is 1140. The van der Waals surface area contributed by atoms with E-state index in [4.69, 9.17) is 4.42 Å². The Morgan fingerprint density at radius 2 is 2.11 bits per heavy atom. The monoisotopic (exact) mass is 396 g/mol. The van der Waals surface area contributed by atoms with E-state index < -0.39 is 0 Å². The Morgan fingerprint density at radius 3 is 2.93 bits per heavy atom. The summed E-state index contributed by atoms with van der Waals surface area (Å²) in [6, 6.07) is 7.62. The van der Waals surface area contributed by atoms with Crippen molar-refractivity contribution in [3.8, 4) is 11.6 Å². The van der Waals surface area contributed by atoms with Crippen molar-refractivity contribution < 1.29 is 9.21 Å². The van der Waals surface area contributed by atoms with Crippen molar-refractivity contribution in [2.75, 3.05) is 5.32 Å². The standard InChI is InChI=1S/C19H20N6O2S/c1-4-25-15(9-11(2)24-25)19-23-22-18(27-19)8-7-17(26)21-13-5-6-14-16(10-13)28-12(3)20-14/h5-6,9-10H,4,7-8H2,1-3H3,(H,21,26). The maximum absolute atomic E-state index is 12.3. The second-order valence-corrected chi connectivity index (χ2v) is 7.69. The first kappa shape index (κ1) is 18.3.